The number of carbonyl (C=O) groups is 1. The summed E-state index contributed by atoms with van der Waals surface area (Å²) in [5.74, 6) is -0.513. The number of carbonyl (C=O) groups excluding carboxylic acids is 1. The van der Waals surface area contributed by atoms with Gasteiger partial charge in [-0.1, -0.05) is 44.4 Å². The molecule has 122 valence electrons. The zero-order chi connectivity index (χ0) is 16.5. The maximum Gasteiger partial charge on any atom is 0.269 e. The molecule has 1 atom stereocenters. The molecule has 0 radical (unpaired) electrons. The fraction of sp³-hybridized carbons (Fsp3) is 0.471. The number of nitrogens with zero attached hydrogens (tertiary/aromatic N) is 1. The second-order valence-corrected chi connectivity index (χ2v) is 6.61. The van der Waals surface area contributed by atoms with Gasteiger partial charge in [0.1, 0.15) is 0 Å². The maximum atomic E-state index is 12.1. The molecule has 0 saturated carbocycles. The molecule has 4 nitrogen and oxygen atoms in total. The van der Waals surface area contributed by atoms with Crippen molar-refractivity contribution in [3.05, 3.63) is 35.4 Å². The Morgan fingerprint density at radius 3 is 2.64 bits per heavy atom. The molecule has 0 bridgehead atoms. The van der Waals surface area contributed by atoms with Crippen LogP contribution in [0.5, 0.6) is 0 Å². The zero-order valence-corrected chi connectivity index (χ0v) is 14.4. The SMILES string of the molecule is CCCCCCc1cccc(/C=C/C(=O)N(C)O)c1S(C)=O. The van der Waals surface area contributed by atoms with E-state index in [0.717, 1.165) is 28.9 Å². The molecular formula is C17H25NO3S. The summed E-state index contributed by atoms with van der Waals surface area (Å²) >= 11 is 0. The first kappa shape index (κ1) is 18.6. The van der Waals surface area contributed by atoms with Crippen LogP contribution in [0.4, 0.5) is 0 Å². The molecule has 1 rings (SSSR count). The van der Waals surface area contributed by atoms with Gasteiger partial charge in [-0.05, 0) is 30.0 Å². The van der Waals surface area contributed by atoms with E-state index in [-0.39, 0.29) is 0 Å². The molecule has 0 saturated heterocycles. The molecule has 0 fully saturated rings. The molecule has 1 aromatic rings. The highest BCUT2D eigenvalue weighted by Crippen LogP contribution is 2.22. The highest BCUT2D eigenvalue weighted by Gasteiger charge is 2.11. The van der Waals surface area contributed by atoms with Crippen LogP contribution in [0.25, 0.3) is 6.08 Å². The number of hydroxylamine groups is 2. The molecule has 0 aliphatic heterocycles. The van der Waals surface area contributed by atoms with Gasteiger partial charge in [0.05, 0.1) is 10.8 Å². The predicted octanol–water partition coefficient (Wildman–Crippen LogP) is 3.41. The van der Waals surface area contributed by atoms with Gasteiger partial charge >= 0.3 is 0 Å². The molecule has 0 aromatic heterocycles. The van der Waals surface area contributed by atoms with E-state index in [2.05, 4.69) is 6.92 Å². The summed E-state index contributed by atoms with van der Waals surface area (Å²) in [4.78, 5) is 12.2. The first-order chi connectivity index (χ1) is 10.5. The molecule has 1 unspecified atom stereocenters. The Balaban J connectivity index is 2.98. The maximum absolute atomic E-state index is 12.1. The van der Waals surface area contributed by atoms with Gasteiger partial charge in [-0.2, -0.15) is 0 Å². The van der Waals surface area contributed by atoms with Crippen molar-refractivity contribution in [2.75, 3.05) is 13.3 Å². The van der Waals surface area contributed by atoms with Gasteiger partial charge < -0.3 is 0 Å². The lowest BCUT2D eigenvalue weighted by Gasteiger charge is -2.11. The molecule has 0 aliphatic rings. The predicted molar refractivity (Wildman–Crippen MR) is 90.2 cm³/mol. The van der Waals surface area contributed by atoms with E-state index in [4.69, 9.17) is 5.21 Å². The van der Waals surface area contributed by atoms with Gasteiger partial charge in [0.2, 0.25) is 0 Å². The van der Waals surface area contributed by atoms with Gasteiger partial charge in [-0.15, -0.1) is 0 Å². The van der Waals surface area contributed by atoms with Crippen molar-refractivity contribution in [3.63, 3.8) is 0 Å². The second kappa shape index (κ2) is 9.54. The first-order valence-electron chi connectivity index (χ1n) is 7.57. The number of amides is 1. The van der Waals surface area contributed by atoms with E-state index in [1.165, 1.54) is 32.4 Å². The van der Waals surface area contributed by atoms with Gasteiger partial charge in [0, 0.05) is 24.3 Å². The molecule has 0 heterocycles. The smallest absolute Gasteiger partial charge is 0.269 e. The Morgan fingerprint density at radius 1 is 1.32 bits per heavy atom. The van der Waals surface area contributed by atoms with Crippen LogP contribution in [0.15, 0.2) is 29.2 Å². The summed E-state index contributed by atoms with van der Waals surface area (Å²) in [5.41, 5.74) is 1.84. The third-order valence-electron chi connectivity index (χ3n) is 3.44. The monoisotopic (exact) mass is 323 g/mol. The average molecular weight is 323 g/mol. The van der Waals surface area contributed by atoms with E-state index >= 15 is 0 Å². The van der Waals surface area contributed by atoms with Crippen LogP contribution < -0.4 is 0 Å². The van der Waals surface area contributed by atoms with E-state index in [1.807, 2.05) is 18.2 Å². The highest BCUT2D eigenvalue weighted by molar-refractivity contribution is 7.84. The van der Waals surface area contributed by atoms with Crippen LogP contribution in [0.2, 0.25) is 0 Å². The number of aryl methyl sites for hydroxylation is 1. The van der Waals surface area contributed by atoms with E-state index in [9.17, 15) is 9.00 Å². The van der Waals surface area contributed by atoms with Crippen molar-refractivity contribution in [2.45, 2.75) is 43.9 Å². The van der Waals surface area contributed by atoms with Crippen molar-refractivity contribution in [3.8, 4) is 0 Å². The number of benzene rings is 1. The van der Waals surface area contributed by atoms with Gasteiger partial charge in [-0.3, -0.25) is 14.2 Å². The minimum atomic E-state index is -1.12. The standard InChI is InChI=1S/C17H25NO3S/c1-4-5-6-7-9-14-10-8-11-15(17(14)22(3)21)12-13-16(19)18(2)20/h8,10-13,20H,4-7,9H2,1-3H3/b13-12+. The van der Waals surface area contributed by atoms with Crippen molar-refractivity contribution in [1.29, 1.82) is 0 Å². The lowest BCUT2D eigenvalue weighted by molar-refractivity contribution is -0.153. The topological polar surface area (TPSA) is 57.6 Å². The van der Waals surface area contributed by atoms with Crippen molar-refractivity contribution in [1.82, 2.24) is 5.06 Å². The largest absolute Gasteiger partial charge is 0.286 e. The molecular weight excluding hydrogens is 298 g/mol. The van der Waals surface area contributed by atoms with Crippen LogP contribution in [-0.2, 0) is 22.0 Å². The van der Waals surface area contributed by atoms with Crippen LogP contribution in [0.3, 0.4) is 0 Å². The van der Waals surface area contributed by atoms with Crippen molar-refractivity contribution < 1.29 is 14.2 Å². The van der Waals surface area contributed by atoms with Gasteiger partial charge in [0.25, 0.3) is 5.91 Å². The Labute approximate surface area is 135 Å². The number of hydrogen-bond acceptors (Lipinski definition) is 3. The Morgan fingerprint density at radius 2 is 2.05 bits per heavy atom. The minimum absolute atomic E-state index is 0.513. The average Bonchev–Trinajstić information content (AvgIpc) is 2.48. The fourth-order valence-electron chi connectivity index (χ4n) is 2.29. The van der Waals surface area contributed by atoms with E-state index in [0.29, 0.717) is 5.06 Å². The molecule has 22 heavy (non-hydrogen) atoms. The van der Waals surface area contributed by atoms with Gasteiger partial charge in [-0.25, -0.2) is 5.06 Å². The van der Waals surface area contributed by atoms with Crippen LogP contribution in [0, 0.1) is 0 Å². The molecule has 0 aliphatic carbocycles. The Hall–Kier alpha value is -1.46. The fourth-order valence-corrected chi connectivity index (χ4v) is 3.30. The summed E-state index contributed by atoms with van der Waals surface area (Å²) in [5, 5.41) is 9.59. The number of unbranched alkanes of at least 4 members (excludes halogenated alkanes) is 3. The van der Waals surface area contributed by atoms with Crippen molar-refractivity contribution >= 4 is 22.8 Å². The lowest BCUT2D eigenvalue weighted by atomic mass is 10.0. The first-order valence-corrected chi connectivity index (χ1v) is 9.13. The lowest BCUT2D eigenvalue weighted by Crippen LogP contribution is -2.19. The number of likely N-dealkylation sites (N-methyl/N-ethyl adjacent to an activating group) is 1. The number of hydrogen-bond donors (Lipinski definition) is 1. The van der Waals surface area contributed by atoms with Gasteiger partial charge in [0.15, 0.2) is 0 Å². The van der Waals surface area contributed by atoms with Crippen LogP contribution >= 0.6 is 0 Å². The summed E-state index contributed by atoms with van der Waals surface area (Å²) in [6.07, 6.45) is 10.1. The molecule has 1 amide bonds. The number of rotatable bonds is 8. The summed E-state index contributed by atoms with van der Waals surface area (Å²) in [6.45, 7) is 2.17. The molecule has 5 heteroatoms. The third kappa shape index (κ3) is 5.73. The zero-order valence-electron chi connectivity index (χ0n) is 13.5. The summed E-state index contributed by atoms with van der Waals surface area (Å²) in [6, 6.07) is 5.76. The van der Waals surface area contributed by atoms with Crippen molar-refractivity contribution in [2.24, 2.45) is 0 Å². The summed E-state index contributed by atoms with van der Waals surface area (Å²) < 4.78 is 12.1. The van der Waals surface area contributed by atoms with E-state index < -0.39 is 16.7 Å². The molecule has 1 aromatic carbocycles. The Kier molecular flexibility index (Phi) is 8.06. The third-order valence-corrected chi connectivity index (χ3v) is 4.51. The Bertz CT molecular complexity index is 553. The van der Waals surface area contributed by atoms with E-state index in [1.54, 1.807) is 12.3 Å². The summed E-state index contributed by atoms with van der Waals surface area (Å²) in [7, 11) is 0.150. The normalized spacial score (nSPS) is 12.5. The highest BCUT2D eigenvalue weighted by atomic mass is 32.2. The quantitative estimate of drug-likeness (QED) is 0.345. The second-order valence-electron chi connectivity index (χ2n) is 5.30. The van der Waals surface area contributed by atoms with Crippen LogP contribution in [0.1, 0.15) is 43.7 Å². The molecule has 1 N–H and O–H groups in total. The van der Waals surface area contributed by atoms with Crippen LogP contribution in [-0.4, -0.2) is 33.7 Å². The molecule has 0 spiro atoms. The minimum Gasteiger partial charge on any atom is -0.286 e.